The van der Waals surface area contributed by atoms with Crippen molar-refractivity contribution in [3.05, 3.63) is 0 Å². The van der Waals surface area contributed by atoms with Crippen LogP contribution in [0.15, 0.2) is 10.2 Å². The third kappa shape index (κ3) is 12.0. The number of rotatable bonds is 12. The second kappa shape index (κ2) is 15.1. The molecule has 0 aliphatic rings. The third-order valence-electron chi connectivity index (χ3n) is 4.18. The van der Waals surface area contributed by atoms with Crippen LogP contribution in [-0.2, 0) is 9.47 Å². The van der Waals surface area contributed by atoms with Crippen molar-refractivity contribution >= 4 is 12.2 Å². The number of unbranched alkanes of at least 4 members (excludes halogenated alkanes) is 2. The molecule has 0 radical (unpaired) electrons. The Morgan fingerprint density at radius 3 is 1.42 bits per heavy atom. The van der Waals surface area contributed by atoms with Crippen LogP contribution >= 0.6 is 0 Å². The molecule has 2 unspecified atom stereocenters. The topological polar surface area (TPSA) is 77.3 Å². The summed E-state index contributed by atoms with van der Waals surface area (Å²) in [5.74, 6) is 0.667. The highest BCUT2D eigenvalue weighted by Crippen LogP contribution is 2.14. The van der Waals surface area contributed by atoms with Crippen LogP contribution in [0.5, 0.6) is 0 Å². The molecule has 2 amide bonds. The van der Waals surface area contributed by atoms with Gasteiger partial charge in [0.05, 0.1) is 13.2 Å². The first-order valence-electron chi connectivity index (χ1n) is 9.32. The number of nitrogens with zero attached hydrogens (tertiary/aromatic N) is 2. The summed E-state index contributed by atoms with van der Waals surface area (Å²) in [5.41, 5.74) is 0. The maximum absolute atomic E-state index is 11.5. The molecule has 24 heavy (non-hydrogen) atoms. The van der Waals surface area contributed by atoms with Crippen molar-refractivity contribution in [3.8, 4) is 0 Å². The molecule has 0 fully saturated rings. The molecule has 0 N–H and O–H groups in total. The Labute approximate surface area is 146 Å². The van der Waals surface area contributed by atoms with Crippen LogP contribution in [0.25, 0.3) is 0 Å². The summed E-state index contributed by atoms with van der Waals surface area (Å²) in [6.07, 6.45) is 6.73. The molecule has 0 saturated carbocycles. The lowest BCUT2D eigenvalue weighted by Gasteiger charge is -2.13. The van der Waals surface area contributed by atoms with Crippen LogP contribution < -0.4 is 0 Å². The van der Waals surface area contributed by atoms with E-state index in [2.05, 4.69) is 37.9 Å². The van der Waals surface area contributed by atoms with Crippen LogP contribution in [0, 0.1) is 11.8 Å². The second-order valence-corrected chi connectivity index (χ2v) is 6.19. The summed E-state index contributed by atoms with van der Waals surface area (Å²) in [6, 6.07) is 0. The minimum Gasteiger partial charge on any atom is -0.447 e. The molecule has 0 spiro atoms. The monoisotopic (exact) mass is 342 g/mol. The zero-order chi connectivity index (χ0) is 18.2. The summed E-state index contributed by atoms with van der Waals surface area (Å²) in [6.45, 7) is 9.02. The zero-order valence-corrected chi connectivity index (χ0v) is 15.8. The van der Waals surface area contributed by atoms with Gasteiger partial charge >= 0.3 is 12.2 Å². The molecular formula is C18H34N2O4. The van der Waals surface area contributed by atoms with Crippen LogP contribution in [0.4, 0.5) is 9.59 Å². The first-order valence-corrected chi connectivity index (χ1v) is 9.32. The maximum Gasteiger partial charge on any atom is 0.452 e. The lowest BCUT2D eigenvalue weighted by Crippen LogP contribution is -2.13. The minimum atomic E-state index is -0.833. The van der Waals surface area contributed by atoms with Gasteiger partial charge in [-0.2, -0.15) is 0 Å². The first kappa shape index (κ1) is 22.5. The minimum absolute atomic E-state index is 0.318. The fourth-order valence-electron chi connectivity index (χ4n) is 2.31. The van der Waals surface area contributed by atoms with E-state index in [-0.39, 0.29) is 0 Å². The lowest BCUT2D eigenvalue weighted by molar-refractivity contribution is 0.122. The van der Waals surface area contributed by atoms with Crippen molar-refractivity contribution < 1.29 is 19.1 Å². The molecule has 0 aromatic rings. The summed E-state index contributed by atoms with van der Waals surface area (Å²) in [4.78, 5) is 23.0. The number of hydrogen-bond donors (Lipinski definition) is 0. The van der Waals surface area contributed by atoms with Gasteiger partial charge in [-0.05, 0) is 24.7 Å². The van der Waals surface area contributed by atoms with Gasteiger partial charge < -0.3 is 9.47 Å². The number of carbonyl (C=O) groups excluding carboxylic acids is 2. The van der Waals surface area contributed by atoms with E-state index in [4.69, 9.17) is 9.47 Å². The highest BCUT2D eigenvalue weighted by Gasteiger charge is 2.12. The highest BCUT2D eigenvalue weighted by molar-refractivity contribution is 5.73. The Morgan fingerprint density at radius 1 is 0.750 bits per heavy atom. The van der Waals surface area contributed by atoms with Gasteiger partial charge in [0, 0.05) is 0 Å². The molecule has 6 heteroatoms. The maximum atomic E-state index is 11.5. The Morgan fingerprint density at radius 2 is 1.12 bits per heavy atom. The average Bonchev–Trinajstić information content (AvgIpc) is 2.60. The summed E-state index contributed by atoms with van der Waals surface area (Å²) >= 11 is 0. The second-order valence-electron chi connectivity index (χ2n) is 6.19. The fraction of sp³-hybridized carbons (Fsp3) is 0.889. The number of ether oxygens (including phenoxy) is 2. The Hall–Kier alpha value is -1.46. The molecular weight excluding hydrogens is 308 g/mol. The van der Waals surface area contributed by atoms with Gasteiger partial charge in [0.2, 0.25) is 0 Å². The largest absolute Gasteiger partial charge is 0.452 e. The molecule has 0 aromatic heterocycles. The predicted molar refractivity (Wildman–Crippen MR) is 94.2 cm³/mol. The van der Waals surface area contributed by atoms with Crippen molar-refractivity contribution in [2.24, 2.45) is 22.1 Å². The van der Waals surface area contributed by atoms with E-state index in [1.165, 1.54) is 0 Å². The number of carbonyl (C=O) groups is 2. The van der Waals surface area contributed by atoms with Crippen molar-refractivity contribution in [2.75, 3.05) is 13.2 Å². The van der Waals surface area contributed by atoms with Gasteiger partial charge in [-0.1, -0.05) is 76.4 Å². The number of azo groups is 1. The van der Waals surface area contributed by atoms with Gasteiger partial charge in [-0.15, -0.1) is 0 Å². The first-order chi connectivity index (χ1) is 11.6. The van der Waals surface area contributed by atoms with E-state index in [1.54, 1.807) is 0 Å². The molecule has 0 aliphatic heterocycles. The van der Waals surface area contributed by atoms with Gasteiger partial charge in [-0.25, -0.2) is 9.59 Å². The van der Waals surface area contributed by atoms with Crippen LogP contribution in [0.3, 0.4) is 0 Å². The third-order valence-corrected chi connectivity index (χ3v) is 4.18. The van der Waals surface area contributed by atoms with E-state index < -0.39 is 12.2 Å². The van der Waals surface area contributed by atoms with Gasteiger partial charge in [0.15, 0.2) is 0 Å². The van der Waals surface area contributed by atoms with Crippen molar-refractivity contribution in [1.29, 1.82) is 0 Å². The molecule has 140 valence electrons. The molecule has 0 rings (SSSR count). The van der Waals surface area contributed by atoms with E-state index in [0.29, 0.717) is 25.0 Å². The SMILES string of the molecule is CCCCC(CC)COC(=O)N=NC(=O)OCC(CC)CCCC. The normalized spacial score (nSPS) is 13.7. The van der Waals surface area contributed by atoms with Gasteiger partial charge in [0.1, 0.15) is 0 Å². The zero-order valence-electron chi connectivity index (χ0n) is 15.8. The molecule has 0 bridgehead atoms. The Balaban J connectivity index is 4.04. The van der Waals surface area contributed by atoms with E-state index >= 15 is 0 Å². The number of hydrogen-bond acceptors (Lipinski definition) is 4. The van der Waals surface area contributed by atoms with E-state index in [0.717, 1.165) is 51.4 Å². The van der Waals surface area contributed by atoms with Crippen LogP contribution in [-0.4, -0.2) is 25.4 Å². The van der Waals surface area contributed by atoms with Gasteiger partial charge in [-0.3, -0.25) is 0 Å². The molecule has 2 atom stereocenters. The molecule has 0 saturated heterocycles. The molecule has 0 aliphatic carbocycles. The van der Waals surface area contributed by atoms with E-state index in [9.17, 15) is 9.59 Å². The van der Waals surface area contributed by atoms with Crippen molar-refractivity contribution in [1.82, 2.24) is 0 Å². The highest BCUT2D eigenvalue weighted by atomic mass is 16.6. The lowest BCUT2D eigenvalue weighted by atomic mass is 10.0. The quantitative estimate of drug-likeness (QED) is 0.399. The molecule has 0 heterocycles. The smallest absolute Gasteiger partial charge is 0.447 e. The predicted octanol–water partition coefficient (Wildman–Crippen LogP) is 6.14. The fourth-order valence-corrected chi connectivity index (χ4v) is 2.31. The van der Waals surface area contributed by atoms with Gasteiger partial charge in [0.25, 0.3) is 0 Å². The molecule has 6 nitrogen and oxygen atoms in total. The Kier molecular flexibility index (Phi) is 14.2. The molecule has 0 aromatic carbocycles. The Bertz CT molecular complexity index is 338. The summed E-state index contributed by atoms with van der Waals surface area (Å²) < 4.78 is 10.1. The summed E-state index contributed by atoms with van der Waals surface area (Å²) in [7, 11) is 0. The van der Waals surface area contributed by atoms with Crippen LogP contribution in [0.2, 0.25) is 0 Å². The van der Waals surface area contributed by atoms with E-state index in [1.807, 2.05) is 0 Å². The standard InChI is InChI=1S/C18H34N2O4/c1-5-9-11-15(7-3)13-23-17(21)19-20-18(22)24-14-16(8-4)12-10-6-2/h15-16H,5-14H2,1-4H3. The van der Waals surface area contributed by atoms with Crippen molar-refractivity contribution in [3.63, 3.8) is 0 Å². The van der Waals surface area contributed by atoms with Crippen molar-refractivity contribution in [2.45, 2.75) is 79.1 Å². The number of amides is 2. The van der Waals surface area contributed by atoms with Crippen LogP contribution in [0.1, 0.15) is 79.1 Å². The summed E-state index contributed by atoms with van der Waals surface area (Å²) in [5, 5.41) is 6.53. The average molecular weight is 342 g/mol.